The fraction of sp³-hybridized carbons (Fsp3) is 0.212. The third kappa shape index (κ3) is 10.8. The minimum atomic E-state index is -4.60. The van der Waals surface area contributed by atoms with Crippen LogP contribution in [0.4, 0.5) is 46.7 Å². The molecule has 49 heavy (non-hydrogen) atoms. The Morgan fingerprint density at radius 2 is 1.49 bits per heavy atom. The van der Waals surface area contributed by atoms with Crippen LogP contribution in [0.15, 0.2) is 79.1 Å². The van der Waals surface area contributed by atoms with Crippen LogP contribution >= 0.6 is 0 Å². The molecule has 4 amide bonds. The number of benzene rings is 3. The number of halogens is 3. The van der Waals surface area contributed by atoms with Crippen molar-refractivity contribution in [3.63, 3.8) is 0 Å². The van der Waals surface area contributed by atoms with E-state index in [9.17, 15) is 37.5 Å². The number of carbonyl (C=O) groups is 4. The second-order valence-corrected chi connectivity index (χ2v) is 10.8. The van der Waals surface area contributed by atoms with Crippen molar-refractivity contribution in [1.29, 1.82) is 0 Å². The van der Waals surface area contributed by atoms with Gasteiger partial charge in [-0.05, 0) is 80.3 Å². The number of nitrogens with zero attached hydrogens (tertiary/aromatic N) is 2. The largest absolute Gasteiger partial charge is 0.530 e. The van der Waals surface area contributed by atoms with Gasteiger partial charge in [-0.3, -0.25) is 14.4 Å². The SMILES string of the molecule is Cc1ccc(NC(=O)c2cccc(C(F)(F)F)c2)cc1C(=O)Nc1cnc(Nc2cccc(NC(=O)C(N)CCCCNC(=O)[O-])c2)nc1. The Hall–Kier alpha value is -6.03. The molecule has 0 spiro atoms. The molecule has 0 fully saturated rings. The molecule has 0 saturated heterocycles. The molecular formula is C33H32F3N8O5-. The average Bonchev–Trinajstić information content (AvgIpc) is 3.06. The molecule has 0 aliphatic heterocycles. The molecule has 7 N–H and O–H groups in total. The highest BCUT2D eigenvalue weighted by Crippen LogP contribution is 2.30. The van der Waals surface area contributed by atoms with Crippen molar-refractivity contribution in [2.75, 3.05) is 27.8 Å². The van der Waals surface area contributed by atoms with Crippen molar-refractivity contribution in [2.24, 2.45) is 5.73 Å². The Morgan fingerprint density at radius 1 is 0.816 bits per heavy atom. The number of carboxylic acid groups (broad SMARTS) is 1. The van der Waals surface area contributed by atoms with Crippen molar-refractivity contribution in [3.8, 4) is 0 Å². The number of alkyl halides is 3. The molecular weight excluding hydrogens is 645 g/mol. The van der Waals surface area contributed by atoms with E-state index < -0.39 is 41.6 Å². The number of hydrogen-bond donors (Lipinski definition) is 6. The number of rotatable bonds is 13. The van der Waals surface area contributed by atoms with Crippen LogP contribution in [0, 0.1) is 6.92 Å². The molecule has 0 radical (unpaired) electrons. The standard InChI is InChI=1S/C33H33F3N8O5/c1-19-11-12-24(41-28(45)20-6-4-7-21(14-20)33(34,35)36)16-26(19)29(46)43-25-17-39-31(40-18-25)44-23-9-5-8-22(15-23)42-30(47)27(37)10-2-3-13-38-32(48)49/h4-9,11-12,14-18,27,38H,2-3,10,13,37H2,1H3,(H,41,45)(H,42,47)(H,43,46)(H,48,49)(H,39,40,44)/p-1. The molecule has 0 aliphatic carbocycles. The lowest BCUT2D eigenvalue weighted by atomic mass is 10.1. The maximum atomic E-state index is 13.1. The second kappa shape index (κ2) is 16.2. The van der Waals surface area contributed by atoms with Gasteiger partial charge in [-0.25, -0.2) is 9.97 Å². The van der Waals surface area contributed by atoms with Crippen LogP contribution < -0.4 is 37.4 Å². The van der Waals surface area contributed by atoms with Gasteiger partial charge in [0.2, 0.25) is 11.9 Å². The Bertz CT molecular complexity index is 1820. The van der Waals surface area contributed by atoms with Gasteiger partial charge in [0, 0.05) is 34.7 Å². The van der Waals surface area contributed by atoms with E-state index >= 15 is 0 Å². The molecule has 0 bridgehead atoms. The van der Waals surface area contributed by atoms with Gasteiger partial charge in [0.25, 0.3) is 11.8 Å². The summed E-state index contributed by atoms with van der Waals surface area (Å²) in [6.07, 6.45) is -1.80. The van der Waals surface area contributed by atoms with E-state index in [2.05, 4.69) is 36.6 Å². The zero-order chi connectivity index (χ0) is 35.6. The topological polar surface area (TPSA) is 203 Å². The Labute approximate surface area is 278 Å². The van der Waals surface area contributed by atoms with Crippen molar-refractivity contribution in [1.82, 2.24) is 15.3 Å². The first-order chi connectivity index (χ1) is 23.3. The summed E-state index contributed by atoms with van der Waals surface area (Å²) in [4.78, 5) is 57.0. The fourth-order valence-electron chi connectivity index (χ4n) is 4.49. The normalized spacial score (nSPS) is 11.6. The highest BCUT2D eigenvalue weighted by atomic mass is 19.4. The molecule has 1 unspecified atom stereocenters. The van der Waals surface area contributed by atoms with E-state index in [4.69, 9.17) is 5.73 Å². The summed E-state index contributed by atoms with van der Waals surface area (Å²) in [6, 6.07) is 14.5. The highest BCUT2D eigenvalue weighted by Gasteiger charge is 2.31. The van der Waals surface area contributed by atoms with Crippen molar-refractivity contribution >= 4 is 52.5 Å². The number of aromatic nitrogens is 2. The van der Waals surface area contributed by atoms with Gasteiger partial charge in [0.15, 0.2) is 0 Å². The number of hydrogen-bond acceptors (Lipinski definition) is 9. The zero-order valence-electron chi connectivity index (χ0n) is 26.1. The number of nitrogens with one attached hydrogen (secondary N) is 5. The average molecular weight is 678 g/mol. The van der Waals surface area contributed by atoms with Crippen LogP contribution in [-0.4, -0.2) is 46.4 Å². The van der Waals surface area contributed by atoms with E-state index in [1.807, 2.05) is 0 Å². The molecule has 4 aromatic rings. The van der Waals surface area contributed by atoms with E-state index in [0.717, 1.165) is 18.2 Å². The van der Waals surface area contributed by atoms with Gasteiger partial charge >= 0.3 is 6.18 Å². The number of amides is 4. The van der Waals surface area contributed by atoms with Gasteiger partial charge in [-0.2, -0.15) is 13.2 Å². The Morgan fingerprint density at radius 3 is 2.20 bits per heavy atom. The summed E-state index contributed by atoms with van der Waals surface area (Å²) >= 11 is 0. The van der Waals surface area contributed by atoms with Gasteiger partial charge < -0.3 is 42.2 Å². The number of carbonyl (C=O) groups excluding carboxylic acids is 4. The molecule has 1 atom stereocenters. The highest BCUT2D eigenvalue weighted by molar-refractivity contribution is 6.08. The van der Waals surface area contributed by atoms with Crippen molar-refractivity contribution in [3.05, 3.63) is 101 Å². The Kier molecular flexibility index (Phi) is 11.8. The smallest absolute Gasteiger partial charge is 0.416 e. The van der Waals surface area contributed by atoms with E-state index in [0.29, 0.717) is 36.2 Å². The van der Waals surface area contributed by atoms with Crippen LogP contribution in [0.2, 0.25) is 0 Å². The fourth-order valence-corrected chi connectivity index (χ4v) is 4.49. The number of nitrogens with two attached hydrogens (primary N) is 1. The van der Waals surface area contributed by atoms with Gasteiger partial charge in [-0.1, -0.05) is 18.2 Å². The first-order valence-corrected chi connectivity index (χ1v) is 14.9. The minimum absolute atomic E-state index is 0.192. The third-order valence-corrected chi connectivity index (χ3v) is 7.04. The molecule has 256 valence electrons. The summed E-state index contributed by atoms with van der Waals surface area (Å²) in [5, 5.41) is 23.5. The Balaban J connectivity index is 1.32. The molecule has 3 aromatic carbocycles. The van der Waals surface area contributed by atoms with Crippen molar-refractivity contribution in [2.45, 2.75) is 38.4 Å². The third-order valence-electron chi connectivity index (χ3n) is 7.04. The van der Waals surface area contributed by atoms with Crippen LogP contribution in [0.25, 0.3) is 0 Å². The van der Waals surface area contributed by atoms with Gasteiger partial charge in [0.1, 0.15) is 6.09 Å². The summed E-state index contributed by atoms with van der Waals surface area (Å²) in [6.45, 7) is 1.90. The van der Waals surface area contributed by atoms with Crippen molar-refractivity contribution < 1.29 is 37.5 Å². The quantitative estimate of drug-likeness (QED) is 0.111. The second-order valence-electron chi connectivity index (χ2n) is 10.8. The lowest BCUT2D eigenvalue weighted by molar-refractivity contribution is -0.250. The van der Waals surface area contributed by atoms with Gasteiger partial charge in [0.05, 0.1) is 29.7 Å². The first kappa shape index (κ1) is 35.8. The summed E-state index contributed by atoms with van der Waals surface area (Å²) in [5.41, 5.74) is 7.08. The molecule has 1 heterocycles. The van der Waals surface area contributed by atoms with E-state index in [1.54, 1.807) is 37.3 Å². The van der Waals surface area contributed by atoms with Crippen LogP contribution in [0.1, 0.15) is 51.1 Å². The summed E-state index contributed by atoms with van der Waals surface area (Å²) < 4.78 is 39.2. The predicted molar refractivity (Wildman–Crippen MR) is 174 cm³/mol. The molecule has 1 aromatic heterocycles. The van der Waals surface area contributed by atoms with E-state index in [1.165, 1.54) is 30.6 Å². The van der Waals surface area contributed by atoms with Gasteiger partial charge in [-0.15, -0.1) is 0 Å². The molecule has 4 rings (SSSR count). The number of aryl methyl sites for hydroxylation is 1. The summed E-state index contributed by atoms with van der Waals surface area (Å²) in [5.74, 6) is -1.51. The number of anilines is 5. The molecule has 13 nitrogen and oxygen atoms in total. The summed E-state index contributed by atoms with van der Waals surface area (Å²) in [7, 11) is 0. The lowest BCUT2D eigenvalue weighted by Crippen LogP contribution is -2.37. The number of unbranched alkanes of at least 4 members (excludes halogenated alkanes) is 1. The predicted octanol–water partition coefficient (Wildman–Crippen LogP) is 4.42. The minimum Gasteiger partial charge on any atom is -0.530 e. The molecule has 16 heteroatoms. The van der Waals surface area contributed by atoms with E-state index in [-0.39, 0.29) is 35.0 Å². The van der Waals surface area contributed by atoms with Crippen LogP contribution in [0.5, 0.6) is 0 Å². The maximum absolute atomic E-state index is 13.1. The van der Waals surface area contributed by atoms with Crippen LogP contribution in [-0.2, 0) is 11.0 Å². The molecule has 0 aliphatic rings. The monoisotopic (exact) mass is 677 g/mol. The molecule has 0 saturated carbocycles. The lowest BCUT2D eigenvalue weighted by Gasteiger charge is -2.14. The first-order valence-electron chi connectivity index (χ1n) is 14.9. The maximum Gasteiger partial charge on any atom is 0.416 e. The van der Waals surface area contributed by atoms with Crippen LogP contribution in [0.3, 0.4) is 0 Å². The zero-order valence-corrected chi connectivity index (χ0v) is 26.1.